The smallest absolute Gasteiger partial charge is 0.303 e. The van der Waals surface area contributed by atoms with E-state index in [1.807, 2.05) is 0 Å². The van der Waals surface area contributed by atoms with Crippen molar-refractivity contribution >= 4 is 5.97 Å². The third kappa shape index (κ3) is 12.8. The van der Waals surface area contributed by atoms with Crippen molar-refractivity contribution in [3.05, 3.63) is 0 Å². The Bertz CT molecular complexity index is 303. The number of unbranched alkanes of at least 4 members (excludes halogenated alkanes) is 13. The van der Waals surface area contributed by atoms with Gasteiger partial charge >= 0.3 is 5.97 Å². The summed E-state index contributed by atoms with van der Waals surface area (Å²) in [6.07, 6.45) is 22.3. The Morgan fingerprint density at radius 1 is 0.708 bits per heavy atom. The number of carbonyl (C=O) groups is 1. The fraction of sp³-hybridized carbons (Fsp3) is 0.952. The minimum Gasteiger partial charge on any atom is -0.481 e. The molecule has 0 spiro atoms. The van der Waals surface area contributed by atoms with Crippen molar-refractivity contribution in [2.75, 3.05) is 0 Å². The van der Waals surface area contributed by atoms with Gasteiger partial charge in [-0.15, -0.1) is 0 Å². The average molecular weight is 341 g/mol. The summed E-state index contributed by atoms with van der Waals surface area (Å²) < 4.78 is 5.57. The van der Waals surface area contributed by atoms with E-state index in [4.69, 9.17) is 9.84 Å². The molecule has 1 N–H and O–H groups in total. The molecule has 1 fully saturated rings. The van der Waals surface area contributed by atoms with E-state index >= 15 is 0 Å². The Morgan fingerprint density at radius 3 is 1.50 bits per heavy atom. The minimum absolute atomic E-state index is 0.341. The molecule has 0 aromatic rings. The summed E-state index contributed by atoms with van der Waals surface area (Å²) in [7, 11) is 0. The molecule has 0 amide bonds. The molecule has 2 atom stereocenters. The van der Waals surface area contributed by atoms with Crippen molar-refractivity contribution < 1.29 is 14.6 Å². The van der Waals surface area contributed by atoms with E-state index in [1.54, 1.807) is 0 Å². The molecule has 1 aliphatic heterocycles. The number of carboxylic acids is 1. The molecule has 0 aliphatic carbocycles. The van der Waals surface area contributed by atoms with Crippen molar-refractivity contribution in [2.24, 2.45) is 0 Å². The molecule has 0 aromatic heterocycles. The van der Waals surface area contributed by atoms with Crippen molar-refractivity contribution in [3.63, 3.8) is 0 Å². The highest BCUT2D eigenvalue weighted by molar-refractivity contribution is 5.66. The summed E-state index contributed by atoms with van der Waals surface area (Å²) >= 11 is 0. The van der Waals surface area contributed by atoms with Crippen LogP contribution < -0.4 is 0 Å². The molecule has 1 heterocycles. The predicted octanol–water partition coefficient (Wildman–Crippen LogP) is 6.49. The molecular weight excluding hydrogens is 300 g/mol. The normalized spacial score (nSPS) is 19.5. The van der Waals surface area contributed by atoms with Crippen LogP contribution in [0.25, 0.3) is 0 Å². The molecule has 3 heteroatoms. The Hall–Kier alpha value is -0.570. The third-order valence-electron chi connectivity index (χ3n) is 5.22. The first-order chi connectivity index (χ1) is 11.7. The predicted molar refractivity (Wildman–Crippen MR) is 100 cm³/mol. The zero-order valence-corrected chi connectivity index (χ0v) is 15.9. The van der Waals surface area contributed by atoms with E-state index in [9.17, 15) is 4.79 Å². The number of hydrogen-bond acceptors (Lipinski definition) is 2. The highest BCUT2D eigenvalue weighted by Gasteiger charge is 2.35. The fourth-order valence-corrected chi connectivity index (χ4v) is 3.54. The van der Waals surface area contributed by atoms with Crippen LogP contribution in [-0.4, -0.2) is 23.3 Å². The lowest BCUT2D eigenvalue weighted by molar-refractivity contribution is -0.137. The number of epoxide rings is 1. The zero-order chi connectivity index (χ0) is 17.5. The van der Waals surface area contributed by atoms with Crippen LogP contribution >= 0.6 is 0 Å². The summed E-state index contributed by atoms with van der Waals surface area (Å²) in [5.41, 5.74) is 0. The first-order valence-electron chi connectivity index (χ1n) is 10.6. The van der Waals surface area contributed by atoms with Crippen molar-refractivity contribution in [1.82, 2.24) is 0 Å². The van der Waals surface area contributed by atoms with Gasteiger partial charge in [0.15, 0.2) is 0 Å². The topological polar surface area (TPSA) is 49.8 Å². The highest BCUT2D eigenvalue weighted by Crippen LogP contribution is 2.29. The van der Waals surface area contributed by atoms with Gasteiger partial charge in [-0.3, -0.25) is 4.79 Å². The Morgan fingerprint density at radius 2 is 1.12 bits per heavy atom. The summed E-state index contributed by atoms with van der Waals surface area (Å²) in [6, 6.07) is 0. The van der Waals surface area contributed by atoms with Gasteiger partial charge in [0.2, 0.25) is 0 Å². The fourth-order valence-electron chi connectivity index (χ4n) is 3.54. The van der Waals surface area contributed by atoms with Gasteiger partial charge in [0.25, 0.3) is 0 Å². The van der Waals surface area contributed by atoms with Gasteiger partial charge < -0.3 is 9.84 Å². The number of rotatable bonds is 18. The van der Waals surface area contributed by atoms with Crippen LogP contribution in [0.4, 0.5) is 0 Å². The van der Waals surface area contributed by atoms with Gasteiger partial charge in [-0.25, -0.2) is 0 Å². The van der Waals surface area contributed by atoms with Crippen LogP contribution in [0.5, 0.6) is 0 Å². The molecule has 0 aromatic carbocycles. The number of ether oxygens (including phenoxy) is 1. The van der Waals surface area contributed by atoms with E-state index < -0.39 is 5.97 Å². The van der Waals surface area contributed by atoms with Gasteiger partial charge in [0.05, 0.1) is 12.2 Å². The van der Waals surface area contributed by atoms with Crippen molar-refractivity contribution in [1.29, 1.82) is 0 Å². The lowest BCUT2D eigenvalue weighted by Gasteiger charge is -2.03. The van der Waals surface area contributed by atoms with E-state index in [1.165, 1.54) is 89.9 Å². The Kier molecular flexibility index (Phi) is 13.2. The maximum atomic E-state index is 10.4. The van der Waals surface area contributed by atoms with Crippen molar-refractivity contribution in [3.8, 4) is 0 Å². The van der Waals surface area contributed by atoms with Gasteiger partial charge in [0.1, 0.15) is 0 Å². The van der Waals surface area contributed by atoms with Crippen LogP contribution in [0.1, 0.15) is 116 Å². The molecule has 24 heavy (non-hydrogen) atoms. The van der Waals surface area contributed by atoms with Gasteiger partial charge in [-0.05, 0) is 19.3 Å². The molecule has 1 aliphatic rings. The first kappa shape index (κ1) is 21.5. The first-order valence-corrected chi connectivity index (χ1v) is 10.6. The molecule has 1 rings (SSSR count). The second-order valence-corrected chi connectivity index (χ2v) is 7.50. The molecule has 0 bridgehead atoms. The molecular formula is C21H40O3. The summed E-state index contributed by atoms with van der Waals surface area (Å²) in [5.74, 6) is -0.655. The quantitative estimate of drug-likeness (QED) is 0.229. The summed E-state index contributed by atoms with van der Waals surface area (Å²) in [6.45, 7) is 2.22. The van der Waals surface area contributed by atoms with E-state index in [0.29, 0.717) is 18.6 Å². The van der Waals surface area contributed by atoms with Crippen LogP contribution in [0.2, 0.25) is 0 Å². The Labute approximate surface area is 149 Å². The maximum absolute atomic E-state index is 10.4. The average Bonchev–Trinajstić information content (AvgIpc) is 3.32. The van der Waals surface area contributed by atoms with E-state index in [-0.39, 0.29) is 0 Å². The third-order valence-corrected chi connectivity index (χ3v) is 5.22. The molecule has 2 unspecified atom stereocenters. The van der Waals surface area contributed by atoms with Gasteiger partial charge in [0, 0.05) is 6.42 Å². The van der Waals surface area contributed by atoms with Crippen molar-refractivity contribution in [2.45, 2.75) is 128 Å². The molecule has 0 radical (unpaired) electrons. The number of carboxylic acid groups (broad SMARTS) is 1. The monoisotopic (exact) mass is 340 g/mol. The molecule has 142 valence electrons. The zero-order valence-electron chi connectivity index (χ0n) is 15.9. The lowest BCUT2D eigenvalue weighted by Crippen LogP contribution is -1.93. The summed E-state index contributed by atoms with van der Waals surface area (Å²) in [5, 5.41) is 8.56. The number of hydrogen-bond donors (Lipinski definition) is 1. The van der Waals surface area contributed by atoms with Crippen LogP contribution in [0.3, 0.4) is 0 Å². The Balaban J connectivity index is 1.64. The minimum atomic E-state index is -0.655. The van der Waals surface area contributed by atoms with Crippen LogP contribution in [0, 0.1) is 0 Å². The van der Waals surface area contributed by atoms with E-state index in [2.05, 4.69) is 6.92 Å². The summed E-state index contributed by atoms with van der Waals surface area (Å²) in [4.78, 5) is 10.4. The molecule has 0 saturated carbocycles. The molecule has 1 saturated heterocycles. The lowest BCUT2D eigenvalue weighted by atomic mass is 10.0. The number of aliphatic carboxylic acids is 1. The molecule has 3 nitrogen and oxygen atoms in total. The SMILES string of the molecule is CCC1OC1CCCCCCCCCCCCCCCCC(=O)O. The van der Waals surface area contributed by atoms with Gasteiger partial charge in [-0.1, -0.05) is 90.4 Å². The second kappa shape index (κ2) is 14.7. The highest BCUT2D eigenvalue weighted by atomic mass is 16.6. The second-order valence-electron chi connectivity index (χ2n) is 7.50. The van der Waals surface area contributed by atoms with Gasteiger partial charge in [-0.2, -0.15) is 0 Å². The maximum Gasteiger partial charge on any atom is 0.303 e. The van der Waals surface area contributed by atoms with Crippen LogP contribution in [0.15, 0.2) is 0 Å². The largest absolute Gasteiger partial charge is 0.481 e. The van der Waals surface area contributed by atoms with E-state index in [0.717, 1.165) is 12.8 Å². The van der Waals surface area contributed by atoms with Crippen LogP contribution in [-0.2, 0) is 9.53 Å². The standard InChI is InChI=1S/C21H40O3/c1-2-19-20(24-19)17-15-13-11-9-7-5-3-4-6-8-10-12-14-16-18-21(22)23/h19-20H,2-18H2,1H3,(H,22,23).